The summed E-state index contributed by atoms with van der Waals surface area (Å²) in [5, 5.41) is 13.2. The lowest BCUT2D eigenvalue weighted by Crippen LogP contribution is -2.29. The van der Waals surface area contributed by atoms with Crippen molar-refractivity contribution >= 4 is 51.2 Å². The van der Waals surface area contributed by atoms with E-state index in [9.17, 15) is 19.5 Å². The maximum absolute atomic E-state index is 13.2. The molecule has 1 aromatic carbocycles. The maximum Gasteiger partial charge on any atom is 0.350 e. The summed E-state index contributed by atoms with van der Waals surface area (Å²) in [7, 11) is 1.26. The molecular formula is C24H22N2O6S2. The van der Waals surface area contributed by atoms with Crippen molar-refractivity contribution in [1.29, 1.82) is 0 Å². The number of benzene rings is 1. The number of amides is 1. The van der Waals surface area contributed by atoms with Crippen LogP contribution in [-0.2, 0) is 14.3 Å². The van der Waals surface area contributed by atoms with Gasteiger partial charge in [0, 0.05) is 10.4 Å². The summed E-state index contributed by atoms with van der Waals surface area (Å²) in [6, 6.07) is 9.39. The Hall–Kier alpha value is -3.50. The number of methoxy groups -OCH3 is 1. The lowest BCUT2D eigenvalue weighted by Gasteiger charge is -2.21. The SMILES string of the molecule is CCCOc1ccc(/C(O)=C2\C(=O)C(=O)N(c3nc(C)c(C(=O)OC)s3)[C@H]2c2cccs2)cc1. The normalized spacial score (nSPS) is 17.3. The Labute approximate surface area is 204 Å². The van der Waals surface area contributed by atoms with E-state index in [1.807, 2.05) is 12.3 Å². The van der Waals surface area contributed by atoms with E-state index in [2.05, 4.69) is 4.98 Å². The molecule has 8 nitrogen and oxygen atoms in total. The molecule has 1 fully saturated rings. The second-order valence-electron chi connectivity index (χ2n) is 7.46. The van der Waals surface area contributed by atoms with Gasteiger partial charge in [-0.3, -0.25) is 14.5 Å². The average Bonchev–Trinajstić information content (AvgIpc) is 3.56. The van der Waals surface area contributed by atoms with Gasteiger partial charge in [-0.15, -0.1) is 11.3 Å². The van der Waals surface area contributed by atoms with Crippen molar-refractivity contribution in [3.8, 4) is 5.75 Å². The fourth-order valence-electron chi connectivity index (χ4n) is 3.60. The van der Waals surface area contributed by atoms with Gasteiger partial charge in [0.15, 0.2) is 5.13 Å². The molecule has 1 N–H and O–H groups in total. The first kappa shape index (κ1) is 23.7. The lowest BCUT2D eigenvalue weighted by molar-refractivity contribution is -0.132. The van der Waals surface area contributed by atoms with Crippen LogP contribution < -0.4 is 9.64 Å². The molecule has 1 aliphatic rings. The predicted octanol–water partition coefficient (Wildman–Crippen LogP) is 4.71. The number of aryl methyl sites for hydroxylation is 1. The van der Waals surface area contributed by atoms with E-state index < -0.39 is 23.7 Å². The van der Waals surface area contributed by atoms with Gasteiger partial charge in [0.25, 0.3) is 5.78 Å². The monoisotopic (exact) mass is 498 g/mol. The largest absolute Gasteiger partial charge is 0.507 e. The highest BCUT2D eigenvalue weighted by Crippen LogP contribution is 2.45. The van der Waals surface area contributed by atoms with Crippen LogP contribution in [0.5, 0.6) is 5.75 Å². The van der Waals surface area contributed by atoms with Crippen LogP contribution >= 0.6 is 22.7 Å². The Morgan fingerprint density at radius 1 is 1.21 bits per heavy atom. The molecule has 3 heterocycles. The predicted molar refractivity (Wildman–Crippen MR) is 130 cm³/mol. The molecule has 1 aliphatic heterocycles. The highest BCUT2D eigenvalue weighted by Gasteiger charge is 2.48. The van der Waals surface area contributed by atoms with Crippen molar-refractivity contribution in [1.82, 2.24) is 4.98 Å². The summed E-state index contributed by atoms with van der Waals surface area (Å²) in [6.07, 6.45) is 0.861. The Kier molecular flexibility index (Phi) is 6.80. The molecule has 3 aromatic rings. The topological polar surface area (TPSA) is 106 Å². The molecule has 0 bridgehead atoms. The molecule has 1 atom stereocenters. The van der Waals surface area contributed by atoms with E-state index >= 15 is 0 Å². The van der Waals surface area contributed by atoms with Crippen LogP contribution in [0.4, 0.5) is 5.13 Å². The van der Waals surface area contributed by atoms with Gasteiger partial charge in [-0.25, -0.2) is 9.78 Å². The number of aliphatic hydroxyl groups excluding tert-OH is 1. The minimum Gasteiger partial charge on any atom is -0.507 e. The number of thiazole rings is 1. The number of ketones is 1. The molecule has 4 rings (SSSR count). The number of aliphatic hydroxyl groups is 1. The summed E-state index contributed by atoms with van der Waals surface area (Å²) in [5.41, 5.74) is 0.734. The van der Waals surface area contributed by atoms with Gasteiger partial charge in [-0.2, -0.15) is 0 Å². The summed E-state index contributed by atoms with van der Waals surface area (Å²) in [5.74, 6) is -1.87. The molecule has 2 aromatic heterocycles. The standard InChI is InChI=1S/C24H22N2O6S2/c1-4-11-32-15-9-7-14(8-10-15)19(27)17-18(16-6-5-12-33-16)26(22(29)20(17)28)24-25-13(2)21(34-24)23(30)31-3/h5-10,12,18,27H,4,11H2,1-3H3/b19-17+/t18-/m0/s1. The molecule has 10 heteroatoms. The quantitative estimate of drug-likeness (QED) is 0.218. The van der Waals surface area contributed by atoms with Crippen LogP contribution in [0.3, 0.4) is 0 Å². The zero-order chi connectivity index (χ0) is 24.4. The molecule has 34 heavy (non-hydrogen) atoms. The van der Waals surface area contributed by atoms with Gasteiger partial charge < -0.3 is 14.6 Å². The third-order valence-electron chi connectivity index (χ3n) is 5.22. The van der Waals surface area contributed by atoms with Gasteiger partial charge in [0.2, 0.25) is 0 Å². The molecule has 1 saturated heterocycles. The number of carbonyl (C=O) groups is 3. The summed E-state index contributed by atoms with van der Waals surface area (Å²) in [6.45, 7) is 4.20. The molecule has 1 amide bonds. The van der Waals surface area contributed by atoms with E-state index in [1.54, 1.807) is 43.3 Å². The minimum absolute atomic E-state index is 0.0397. The van der Waals surface area contributed by atoms with Crippen molar-refractivity contribution in [2.45, 2.75) is 26.3 Å². The Morgan fingerprint density at radius 3 is 2.56 bits per heavy atom. The summed E-state index contributed by atoms with van der Waals surface area (Å²) >= 11 is 2.31. The number of aromatic nitrogens is 1. The second kappa shape index (κ2) is 9.78. The first-order chi connectivity index (χ1) is 16.4. The first-order valence-corrected chi connectivity index (χ1v) is 12.2. The fourth-order valence-corrected chi connectivity index (χ4v) is 5.43. The zero-order valence-corrected chi connectivity index (χ0v) is 20.4. The van der Waals surface area contributed by atoms with E-state index in [-0.39, 0.29) is 21.3 Å². The van der Waals surface area contributed by atoms with E-state index in [4.69, 9.17) is 9.47 Å². The van der Waals surface area contributed by atoms with Crippen molar-refractivity contribution in [2.75, 3.05) is 18.6 Å². The van der Waals surface area contributed by atoms with Crippen molar-refractivity contribution < 1.29 is 29.0 Å². The Bertz CT molecular complexity index is 1260. The molecular weight excluding hydrogens is 476 g/mol. The first-order valence-electron chi connectivity index (χ1n) is 10.5. The fraction of sp³-hybridized carbons (Fsp3) is 0.250. The molecule has 0 saturated carbocycles. The lowest BCUT2D eigenvalue weighted by atomic mass is 10.00. The van der Waals surface area contributed by atoms with E-state index in [0.717, 1.165) is 17.8 Å². The Balaban J connectivity index is 1.81. The minimum atomic E-state index is -0.882. The third kappa shape index (κ3) is 4.22. The second-order valence-corrected chi connectivity index (χ2v) is 9.42. The number of carbonyl (C=O) groups excluding carboxylic acids is 3. The molecule has 0 unspecified atom stereocenters. The van der Waals surface area contributed by atoms with Crippen molar-refractivity contribution in [3.05, 3.63) is 68.4 Å². The van der Waals surface area contributed by atoms with E-state index in [1.165, 1.54) is 23.3 Å². The number of thiophene rings is 1. The van der Waals surface area contributed by atoms with Gasteiger partial charge in [-0.1, -0.05) is 24.3 Å². The van der Waals surface area contributed by atoms with Gasteiger partial charge in [-0.05, 0) is 49.1 Å². The highest BCUT2D eigenvalue weighted by molar-refractivity contribution is 7.18. The van der Waals surface area contributed by atoms with Gasteiger partial charge in [0.1, 0.15) is 22.4 Å². The van der Waals surface area contributed by atoms with Crippen LogP contribution in [0, 0.1) is 6.92 Å². The number of hydrogen-bond donors (Lipinski definition) is 1. The molecule has 0 radical (unpaired) electrons. The number of hydrogen-bond acceptors (Lipinski definition) is 9. The Morgan fingerprint density at radius 2 is 1.94 bits per heavy atom. The smallest absolute Gasteiger partial charge is 0.350 e. The molecule has 0 spiro atoms. The third-order valence-corrected chi connectivity index (χ3v) is 7.28. The number of ether oxygens (including phenoxy) is 2. The zero-order valence-electron chi connectivity index (χ0n) is 18.7. The van der Waals surface area contributed by atoms with Gasteiger partial charge in [0.05, 0.1) is 25.0 Å². The number of esters is 1. The van der Waals surface area contributed by atoms with Crippen LogP contribution in [0.2, 0.25) is 0 Å². The van der Waals surface area contributed by atoms with Gasteiger partial charge >= 0.3 is 11.9 Å². The number of Topliss-reactive ketones (excluding diaryl/α,β-unsaturated/α-hetero) is 1. The van der Waals surface area contributed by atoms with Crippen LogP contribution in [0.25, 0.3) is 5.76 Å². The number of anilines is 1. The van der Waals surface area contributed by atoms with Crippen LogP contribution in [0.15, 0.2) is 47.4 Å². The molecule has 176 valence electrons. The average molecular weight is 499 g/mol. The van der Waals surface area contributed by atoms with Crippen molar-refractivity contribution in [3.63, 3.8) is 0 Å². The highest BCUT2D eigenvalue weighted by atomic mass is 32.1. The number of nitrogens with zero attached hydrogens (tertiary/aromatic N) is 2. The van der Waals surface area contributed by atoms with Crippen molar-refractivity contribution in [2.24, 2.45) is 0 Å². The maximum atomic E-state index is 13.2. The molecule has 0 aliphatic carbocycles. The van der Waals surface area contributed by atoms with E-state index in [0.29, 0.717) is 28.5 Å². The van der Waals surface area contributed by atoms with Crippen LogP contribution in [0.1, 0.15) is 45.2 Å². The van der Waals surface area contributed by atoms with Crippen LogP contribution in [-0.4, -0.2) is 41.5 Å². The number of rotatable bonds is 7. The summed E-state index contributed by atoms with van der Waals surface area (Å²) in [4.78, 5) is 44.9. The summed E-state index contributed by atoms with van der Waals surface area (Å²) < 4.78 is 10.4.